The van der Waals surface area contributed by atoms with Crippen molar-refractivity contribution in [3.63, 3.8) is 0 Å². The van der Waals surface area contributed by atoms with Crippen molar-refractivity contribution in [2.75, 3.05) is 14.2 Å². The van der Waals surface area contributed by atoms with E-state index in [9.17, 15) is 0 Å². The number of fused-ring (bicyclic) bond motifs is 1. The Morgan fingerprint density at radius 1 is 0.656 bits per heavy atom. The number of hydrogen-bond donors (Lipinski definition) is 0. The summed E-state index contributed by atoms with van der Waals surface area (Å²) in [6, 6.07) is 4.34. The van der Waals surface area contributed by atoms with Gasteiger partial charge < -0.3 is 0 Å². The fraction of sp³-hybridized carbons (Fsp3) is 0.750. The molecule has 1 aromatic heterocycles. The van der Waals surface area contributed by atoms with Crippen LogP contribution in [0.15, 0.2) is 12.1 Å². The fourth-order valence-electron chi connectivity index (χ4n) is 4.62. The molecule has 0 unspecified atom stereocenters. The zero-order chi connectivity index (χ0) is 23.0. The van der Waals surface area contributed by atoms with Crippen molar-refractivity contribution >= 4 is 24.3 Å². The number of ether oxygens (including phenoxy) is 2. The van der Waals surface area contributed by atoms with E-state index in [2.05, 4.69) is 30.5 Å². The van der Waals surface area contributed by atoms with E-state index in [4.69, 9.17) is 9.47 Å². The molecule has 0 N–H and O–H groups in total. The van der Waals surface area contributed by atoms with Gasteiger partial charge in [-0.1, -0.05) is 51.9 Å². The summed E-state index contributed by atoms with van der Waals surface area (Å²) in [7, 11) is 3.44. The van der Waals surface area contributed by atoms with Crippen molar-refractivity contribution in [2.45, 2.75) is 123 Å². The van der Waals surface area contributed by atoms with Crippen LogP contribution in [0.3, 0.4) is 0 Å². The SMILES string of the molecule is CCCCCCCCCCCCCCCCCC[n+]1c(C)[se]c2cc(OC)c(OC)cc21. The Morgan fingerprint density at radius 2 is 1.09 bits per heavy atom. The van der Waals surface area contributed by atoms with Crippen LogP contribution in [0.4, 0.5) is 0 Å². The van der Waals surface area contributed by atoms with Crippen molar-refractivity contribution in [3.05, 3.63) is 16.7 Å². The average molecular weight is 510 g/mol. The average Bonchev–Trinajstić information content (AvgIpc) is 3.11. The van der Waals surface area contributed by atoms with Crippen molar-refractivity contribution < 1.29 is 14.0 Å². The number of aryl methyl sites for hydroxylation is 2. The summed E-state index contributed by atoms with van der Waals surface area (Å²) in [4.78, 5) is 0. The van der Waals surface area contributed by atoms with Crippen LogP contribution >= 0.6 is 0 Å². The molecule has 0 aliphatic rings. The number of methoxy groups -OCH3 is 2. The molecule has 1 heterocycles. The molecule has 0 atom stereocenters. The second-order valence-corrected chi connectivity index (χ2v) is 11.8. The summed E-state index contributed by atoms with van der Waals surface area (Å²) in [5.74, 6) is 1.69. The standard InChI is InChI=1S/C28H48NO2Se/c1-5-6-7-8-9-10-11-12-13-14-15-16-17-18-19-20-21-29-24(2)32-28-23-27(31-4)26(30-3)22-25(28)29/h22-23H,5-21H2,1-4H3/q+1. The van der Waals surface area contributed by atoms with E-state index in [-0.39, 0.29) is 0 Å². The number of unbranched alkanes of at least 4 members (excludes halogenated alkanes) is 15. The van der Waals surface area contributed by atoms with Crippen LogP contribution in [0.25, 0.3) is 9.78 Å². The van der Waals surface area contributed by atoms with Crippen molar-refractivity contribution in [1.82, 2.24) is 0 Å². The quantitative estimate of drug-likeness (QED) is 0.110. The van der Waals surface area contributed by atoms with Crippen LogP contribution < -0.4 is 14.0 Å². The Hall–Kier alpha value is -0.991. The molecule has 32 heavy (non-hydrogen) atoms. The summed E-state index contributed by atoms with van der Waals surface area (Å²) >= 11 is 0.407. The molecule has 0 aliphatic carbocycles. The molecule has 0 bridgehead atoms. The maximum absolute atomic E-state index is 5.53. The Morgan fingerprint density at radius 3 is 1.56 bits per heavy atom. The molecule has 4 heteroatoms. The molecule has 0 aliphatic heterocycles. The van der Waals surface area contributed by atoms with Gasteiger partial charge in [0, 0.05) is 0 Å². The van der Waals surface area contributed by atoms with Crippen molar-refractivity contribution in [1.29, 1.82) is 0 Å². The number of rotatable bonds is 19. The molecule has 2 rings (SSSR count). The van der Waals surface area contributed by atoms with Gasteiger partial charge in [0.15, 0.2) is 0 Å². The topological polar surface area (TPSA) is 22.3 Å². The molecule has 0 saturated heterocycles. The fourth-order valence-corrected chi connectivity index (χ4v) is 6.84. The number of hydrogen-bond acceptors (Lipinski definition) is 2. The van der Waals surface area contributed by atoms with Crippen LogP contribution in [0.2, 0.25) is 0 Å². The van der Waals surface area contributed by atoms with Crippen molar-refractivity contribution in [3.8, 4) is 11.5 Å². The van der Waals surface area contributed by atoms with Crippen LogP contribution in [0.5, 0.6) is 11.5 Å². The first kappa shape index (κ1) is 27.3. The predicted octanol–water partition coefficient (Wildman–Crippen LogP) is 7.77. The number of aromatic nitrogens is 1. The van der Waals surface area contributed by atoms with Gasteiger partial charge in [0.1, 0.15) is 0 Å². The van der Waals surface area contributed by atoms with Gasteiger partial charge in [-0.25, -0.2) is 0 Å². The van der Waals surface area contributed by atoms with Gasteiger partial charge in [0.05, 0.1) is 0 Å². The van der Waals surface area contributed by atoms with E-state index in [0.29, 0.717) is 14.5 Å². The summed E-state index contributed by atoms with van der Waals surface area (Å²) in [6.07, 6.45) is 22.7. The van der Waals surface area contributed by atoms with Gasteiger partial charge in [-0.3, -0.25) is 0 Å². The minimum atomic E-state index is 0.407. The third-order valence-corrected chi connectivity index (χ3v) is 8.86. The first-order valence-electron chi connectivity index (χ1n) is 13.3. The molecular formula is C28H48NO2Se+. The molecule has 3 nitrogen and oxygen atoms in total. The third kappa shape index (κ3) is 9.48. The van der Waals surface area contributed by atoms with E-state index in [0.717, 1.165) is 18.0 Å². The molecule has 0 saturated carbocycles. The van der Waals surface area contributed by atoms with E-state index in [1.165, 1.54) is 117 Å². The number of nitrogens with zero attached hydrogens (tertiary/aromatic N) is 1. The van der Waals surface area contributed by atoms with E-state index in [1.54, 1.807) is 14.2 Å². The first-order chi connectivity index (χ1) is 15.7. The Balaban J connectivity index is 1.52. The number of benzene rings is 1. The van der Waals surface area contributed by atoms with Gasteiger partial charge in [-0.2, -0.15) is 0 Å². The van der Waals surface area contributed by atoms with Gasteiger partial charge in [-0.15, -0.1) is 0 Å². The van der Waals surface area contributed by atoms with Crippen LogP contribution in [-0.4, -0.2) is 28.7 Å². The third-order valence-electron chi connectivity index (χ3n) is 6.63. The van der Waals surface area contributed by atoms with Crippen LogP contribution in [0.1, 0.15) is 114 Å². The maximum atomic E-state index is 5.53. The first-order valence-corrected chi connectivity index (χ1v) is 15.0. The molecule has 2 aromatic rings. The van der Waals surface area contributed by atoms with Crippen LogP contribution in [0, 0.1) is 6.92 Å². The van der Waals surface area contributed by atoms with E-state index in [1.807, 2.05) is 0 Å². The van der Waals surface area contributed by atoms with Gasteiger partial charge in [0.2, 0.25) is 0 Å². The monoisotopic (exact) mass is 510 g/mol. The molecule has 1 aromatic carbocycles. The zero-order valence-electron chi connectivity index (χ0n) is 21.3. The Labute approximate surface area is 203 Å². The Bertz CT molecular complexity index is 755. The van der Waals surface area contributed by atoms with E-state index < -0.39 is 0 Å². The summed E-state index contributed by atoms with van der Waals surface area (Å²) < 4.78 is 16.4. The molecule has 0 radical (unpaired) electrons. The molecule has 0 fully saturated rings. The van der Waals surface area contributed by atoms with Crippen LogP contribution in [-0.2, 0) is 6.54 Å². The summed E-state index contributed by atoms with van der Waals surface area (Å²) in [5, 5.41) is 0. The van der Waals surface area contributed by atoms with Gasteiger partial charge >= 0.3 is 152 Å². The molecule has 0 spiro atoms. The second-order valence-electron chi connectivity index (χ2n) is 9.25. The van der Waals surface area contributed by atoms with E-state index >= 15 is 0 Å². The normalized spacial score (nSPS) is 11.4. The van der Waals surface area contributed by atoms with Crippen molar-refractivity contribution in [2.24, 2.45) is 0 Å². The second kappa shape index (κ2) is 16.6. The minimum absolute atomic E-state index is 0.407. The summed E-state index contributed by atoms with van der Waals surface area (Å²) in [5.41, 5.74) is 1.33. The van der Waals surface area contributed by atoms with Gasteiger partial charge in [-0.05, 0) is 0 Å². The molecule has 0 amide bonds. The zero-order valence-corrected chi connectivity index (χ0v) is 23.1. The molecule has 182 valence electrons. The summed E-state index contributed by atoms with van der Waals surface area (Å²) in [6.45, 7) is 5.71. The van der Waals surface area contributed by atoms with Gasteiger partial charge in [0.25, 0.3) is 0 Å². The predicted molar refractivity (Wildman–Crippen MR) is 138 cm³/mol. The molecular weight excluding hydrogens is 461 g/mol. The Kier molecular flexibility index (Phi) is 14.1.